The van der Waals surface area contributed by atoms with E-state index in [4.69, 9.17) is 0 Å². The van der Waals surface area contributed by atoms with Crippen molar-refractivity contribution < 1.29 is 4.79 Å². The lowest BCUT2D eigenvalue weighted by Crippen LogP contribution is -2.28. The van der Waals surface area contributed by atoms with Gasteiger partial charge < -0.3 is 4.57 Å². The Hall–Kier alpha value is -1.84. The molecule has 2 heterocycles. The van der Waals surface area contributed by atoms with Crippen LogP contribution in [0.3, 0.4) is 0 Å². The van der Waals surface area contributed by atoms with E-state index in [1.54, 1.807) is 6.20 Å². The SMILES string of the molecule is Cn1nccc1Cn1ccc2c1CC(C)(C)CC2=O. The van der Waals surface area contributed by atoms with E-state index in [-0.39, 0.29) is 11.2 Å². The monoisotopic (exact) mass is 257 g/mol. The quantitative estimate of drug-likeness (QED) is 0.829. The second kappa shape index (κ2) is 4.08. The molecule has 0 aliphatic heterocycles. The van der Waals surface area contributed by atoms with Crippen LogP contribution in [0.15, 0.2) is 24.5 Å². The smallest absolute Gasteiger partial charge is 0.165 e. The third-order valence-corrected chi connectivity index (χ3v) is 3.92. The first-order valence-electron chi connectivity index (χ1n) is 6.64. The van der Waals surface area contributed by atoms with Gasteiger partial charge in [-0.15, -0.1) is 0 Å². The van der Waals surface area contributed by atoms with Crippen molar-refractivity contribution in [2.24, 2.45) is 12.5 Å². The Morgan fingerprint density at radius 1 is 1.32 bits per heavy atom. The highest BCUT2D eigenvalue weighted by Crippen LogP contribution is 2.35. The fourth-order valence-electron chi connectivity index (χ4n) is 2.88. The van der Waals surface area contributed by atoms with Crippen molar-refractivity contribution in [1.82, 2.24) is 14.3 Å². The van der Waals surface area contributed by atoms with Gasteiger partial charge in [-0.05, 0) is 24.0 Å². The summed E-state index contributed by atoms with van der Waals surface area (Å²) in [5.74, 6) is 0.273. The molecular weight excluding hydrogens is 238 g/mol. The summed E-state index contributed by atoms with van der Waals surface area (Å²) in [4.78, 5) is 12.2. The largest absolute Gasteiger partial charge is 0.345 e. The predicted octanol–water partition coefficient (Wildman–Crippen LogP) is 2.43. The summed E-state index contributed by atoms with van der Waals surface area (Å²) < 4.78 is 4.06. The van der Waals surface area contributed by atoms with Gasteiger partial charge >= 0.3 is 0 Å². The van der Waals surface area contributed by atoms with Gasteiger partial charge in [-0.25, -0.2) is 0 Å². The second-order valence-electron chi connectivity index (χ2n) is 6.19. The van der Waals surface area contributed by atoms with Crippen molar-refractivity contribution in [3.63, 3.8) is 0 Å². The van der Waals surface area contributed by atoms with E-state index in [0.29, 0.717) is 6.42 Å². The van der Waals surface area contributed by atoms with Crippen molar-refractivity contribution in [1.29, 1.82) is 0 Å². The van der Waals surface area contributed by atoms with Gasteiger partial charge in [-0.3, -0.25) is 9.48 Å². The third-order valence-electron chi connectivity index (χ3n) is 3.92. The zero-order valence-electron chi connectivity index (χ0n) is 11.7. The number of rotatable bonds is 2. The summed E-state index contributed by atoms with van der Waals surface area (Å²) in [6.07, 6.45) is 5.44. The molecule has 100 valence electrons. The fraction of sp³-hybridized carbons (Fsp3) is 0.467. The molecule has 2 aromatic rings. The van der Waals surface area contributed by atoms with Crippen LogP contribution in [0.25, 0.3) is 0 Å². The summed E-state index contributed by atoms with van der Waals surface area (Å²) in [6, 6.07) is 3.98. The summed E-state index contributed by atoms with van der Waals surface area (Å²) in [6.45, 7) is 5.10. The molecule has 0 aromatic carbocycles. The highest BCUT2D eigenvalue weighted by Gasteiger charge is 2.32. The minimum Gasteiger partial charge on any atom is -0.345 e. The second-order valence-corrected chi connectivity index (χ2v) is 6.19. The Balaban J connectivity index is 1.97. The first-order valence-corrected chi connectivity index (χ1v) is 6.64. The summed E-state index contributed by atoms with van der Waals surface area (Å²) in [5, 5.41) is 4.19. The van der Waals surface area contributed by atoms with Crippen LogP contribution in [0.5, 0.6) is 0 Å². The van der Waals surface area contributed by atoms with Crippen molar-refractivity contribution in [3.05, 3.63) is 41.5 Å². The maximum atomic E-state index is 12.2. The average molecular weight is 257 g/mol. The molecule has 0 N–H and O–H groups in total. The average Bonchev–Trinajstić information content (AvgIpc) is 2.87. The Morgan fingerprint density at radius 2 is 2.11 bits per heavy atom. The van der Waals surface area contributed by atoms with Crippen LogP contribution < -0.4 is 0 Å². The molecule has 3 rings (SSSR count). The molecule has 19 heavy (non-hydrogen) atoms. The molecule has 1 aliphatic rings. The van der Waals surface area contributed by atoms with Crippen LogP contribution in [0.1, 0.15) is 42.0 Å². The number of hydrogen-bond acceptors (Lipinski definition) is 2. The van der Waals surface area contributed by atoms with E-state index in [9.17, 15) is 4.79 Å². The van der Waals surface area contributed by atoms with Crippen molar-refractivity contribution in [3.8, 4) is 0 Å². The summed E-state index contributed by atoms with van der Waals surface area (Å²) in [7, 11) is 1.94. The Bertz CT molecular complexity index is 634. The van der Waals surface area contributed by atoms with Gasteiger partial charge in [0.05, 0.1) is 12.2 Å². The molecule has 4 nitrogen and oxygen atoms in total. The van der Waals surface area contributed by atoms with Crippen LogP contribution in [-0.2, 0) is 20.0 Å². The number of aromatic nitrogens is 3. The predicted molar refractivity (Wildman–Crippen MR) is 73.2 cm³/mol. The Labute approximate surface area is 113 Å². The molecule has 0 fully saturated rings. The summed E-state index contributed by atoms with van der Waals surface area (Å²) in [5.41, 5.74) is 3.28. The van der Waals surface area contributed by atoms with Crippen LogP contribution in [0.4, 0.5) is 0 Å². The van der Waals surface area contributed by atoms with Crippen molar-refractivity contribution >= 4 is 5.78 Å². The maximum Gasteiger partial charge on any atom is 0.165 e. The zero-order valence-corrected chi connectivity index (χ0v) is 11.7. The highest BCUT2D eigenvalue weighted by atomic mass is 16.1. The van der Waals surface area contributed by atoms with E-state index in [2.05, 4.69) is 23.5 Å². The first kappa shape index (κ1) is 12.2. The molecule has 0 saturated carbocycles. The number of aryl methyl sites for hydroxylation is 1. The van der Waals surface area contributed by atoms with Gasteiger partial charge in [0.25, 0.3) is 0 Å². The number of ketones is 1. The lowest BCUT2D eigenvalue weighted by molar-refractivity contribution is 0.0910. The fourth-order valence-corrected chi connectivity index (χ4v) is 2.88. The standard InChI is InChI=1S/C15H19N3O/c1-15(2)8-13-12(14(19)9-15)5-7-18(13)10-11-4-6-16-17(11)3/h4-7H,8-10H2,1-3H3. The van der Waals surface area contributed by atoms with E-state index in [1.165, 1.54) is 5.69 Å². The molecule has 0 amide bonds. The molecular formula is C15H19N3O. The molecule has 0 unspecified atom stereocenters. The molecule has 1 aliphatic carbocycles. The van der Waals surface area contributed by atoms with Crippen LogP contribution >= 0.6 is 0 Å². The van der Waals surface area contributed by atoms with E-state index >= 15 is 0 Å². The molecule has 0 bridgehead atoms. The minimum absolute atomic E-state index is 0.0621. The topological polar surface area (TPSA) is 39.8 Å². The number of Topliss-reactive ketones (excluding diaryl/α,β-unsaturated/α-hetero) is 1. The number of hydrogen-bond donors (Lipinski definition) is 0. The lowest BCUT2D eigenvalue weighted by atomic mass is 9.76. The number of carbonyl (C=O) groups excluding carboxylic acids is 1. The Morgan fingerprint density at radius 3 is 2.79 bits per heavy atom. The molecule has 0 atom stereocenters. The van der Waals surface area contributed by atoms with E-state index in [0.717, 1.165) is 24.2 Å². The van der Waals surface area contributed by atoms with Crippen LogP contribution in [0.2, 0.25) is 0 Å². The van der Waals surface area contributed by atoms with Gasteiger partial charge in [0.1, 0.15) is 0 Å². The molecule has 0 radical (unpaired) electrons. The highest BCUT2D eigenvalue weighted by molar-refractivity contribution is 5.98. The third kappa shape index (κ3) is 2.11. The van der Waals surface area contributed by atoms with Crippen molar-refractivity contribution in [2.45, 2.75) is 33.2 Å². The maximum absolute atomic E-state index is 12.2. The minimum atomic E-state index is 0.0621. The van der Waals surface area contributed by atoms with Gasteiger partial charge in [-0.1, -0.05) is 13.8 Å². The lowest BCUT2D eigenvalue weighted by Gasteiger charge is -2.29. The van der Waals surface area contributed by atoms with Crippen LogP contribution in [0, 0.1) is 5.41 Å². The van der Waals surface area contributed by atoms with Gasteiger partial charge in [-0.2, -0.15) is 5.10 Å². The first-order chi connectivity index (χ1) is 8.96. The number of carbonyl (C=O) groups is 1. The van der Waals surface area contributed by atoms with Crippen molar-refractivity contribution in [2.75, 3.05) is 0 Å². The molecule has 4 heteroatoms. The van der Waals surface area contributed by atoms with Gasteiger partial charge in [0.2, 0.25) is 0 Å². The zero-order chi connectivity index (χ0) is 13.6. The van der Waals surface area contributed by atoms with E-state index in [1.807, 2.05) is 30.1 Å². The van der Waals surface area contributed by atoms with E-state index < -0.39 is 0 Å². The van der Waals surface area contributed by atoms with Gasteiger partial charge in [0, 0.05) is 37.1 Å². The van der Waals surface area contributed by atoms with Gasteiger partial charge in [0.15, 0.2) is 5.78 Å². The number of nitrogens with zero attached hydrogens (tertiary/aromatic N) is 3. The molecule has 0 saturated heterocycles. The summed E-state index contributed by atoms with van der Waals surface area (Å²) >= 11 is 0. The molecule has 2 aromatic heterocycles. The normalized spacial score (nSPS) is 17.5. The molecule has 0 spiro atoms. The Kier molecular flexibility index (Phi) is 2.62. The number of fused-ring (bicyclic) bond motifs is 1. The van der Waals surface area contributed by atoms with Crippen LogP contribution in [-0.4, -0.2) is 20.1 Å².